The van der Waals surface area contributed by atoms with Gasteiger partial charge in [-0.15, -0.1) is 0 Å². The standard InChI is InChI=1S/C26H21ClFN3O2S/c27-21-5-3-6-22(28)20(21)15-34-26-30-23-7-2-1-4-19(23)25(33)31(26)14-16-8-10-17(11-9-16)24(32)29-18-12-13-18/h1-11,18H,12-15H2,(H,29,32). The SMILES string of the molecule is O=C(NC1CC1)c1ccc(Cn2c(SCc3c(F)cccc3Cl)nc3ccccc3c2=O)cc1. The molecule has 1 fully saturated rings. The van der Waals surface area contributed by atoms with Crippen LogP contribution in [0.15, 0.2) is 76.7 Å². The minimum absolute atomic E-state index is 0.0865. The molecular weight excluding hydrogens is 473 g/mol. The van der Waals surface area contributed by atoms with Crippen molar-refractivity contribution >= 4 is 40.2 Å². The summed E-state index contributed by atoms with van der Waals surface area (Å²) in [6.07, 6.45) is 2.06. The number of amides is 1. The monoisotopic (exact) mass is 493 g/mol. The molecule has 172 valence electrons. The Morgan fingerprint density at radius 2 is 1.85 bits per heavy atom. The fourth-order valence-electron chi connectivity index (χ4n) is 3.64. The number of benzene rings is 3. The zero-order valence-electron chi connectivity index (χ0n) is 18.1. The van der Waals surface area contributed by atoms with Crippen LogP contribution in [-0.4, -0.2) is 21.5 Å². The molecule has 5 nitrogen and oxygen atoms in total. The van der Waals surface area contributed by atoms with Crippen LogP contribution < -0.4 is 10.9 Å². The van der Waals surface area contributed by atoms with Crippen molar-refractivity contribution in [3.63, 3.8) is 0 Å². The molecule has 1 aliphatic carbocycles. The van der Waals surface area contributed by atoms with Crippen LogP contribution in [0.4, 0.5) is 4.39 Å². The molecule has 1 N–H and O–H groups in total. The summed E-state index contributed by atoms with van der Waals surface area (Å²) in [5.74, 6) is -0.248. The van der Waals surface area contributed by atoms with Crippen molar-refractivity contribution in [1.82, 2.24) is 14.9 Å². The van der Waals surface area contributed by atoms with Gasteiger partial charge in [0.25, 0.3) is 11.5 Å². The molecule has 8 heteroatoms. The van der Waals surface area contributed by atoms with Gasteiger partial charge >= 0.3 is 0 Å². The number of aromatic nitrogens is 2. The maximum Gasteiger partial charge on any atom is 0.262 e. The lowest BCUT2D eigenvalue weighted by Crippen LogP contribution is -2.25. The average Bonchev–Trinajstić information content (AvgIpc) is 3.65. The highest BCUT2D eigenvalue weighted by molar-refractivity contribution is 7.98. The molecule has 1 saturated carbocycles. The fraction of sp³-hybridized carbons (Fsp3) is 0.192. The fourth-order valence-corrected chi connectivity index (χ4v) is 4.99. The molecule has 4 aromatic rings. The Bertz CT molecular complexity index is 1410. The summed E-state index contributed by atoms with van der Waals surface area (Å²) in [6.45, 7) is 0.272. The number of hydrogen-bond acceptors (Lipinski definition) is 4. The second-order valence-corrected chi connectivity index (χ2v) is 9.59. The van der Waals surface area contributed by atoms with Gasteiger partial charge in [0.1, 0.15) is 5.82 Å². The van der Waals surface area contributed by atoms with E-state index in [9.17, 15) is 14.0 Å². The van der Waals surface area contributed by atoms with E-state index in [1.165, 1.54) is 17.8 Å². The van der Waals surface area contributed by atoms with Crippen LogP contribution in [0.3, 0.4) is 0 Å². The number of nitrogens with one attached hydrogen (secondary N) is 1. The Morgan fingerprint density at radius 3 is 2.59 bits per heavy atom. The van der Waals surface area contributed by atoms with E-state index in [1.54, 1.807) is 47.0 Å². The van der Waals surface area contributed by atoms with Crippen molar-refractivity contribution in [3.05, 3.63) is 105 Å². The third-order valence-electron chi connectivity index (χ3n) is 5.70. The van der Waals surface area contributed by atoms with Gasteiger partial charge in [0.2, 0.25) is 0 Å². The van der Waals surface area contributed by atoms with Gasteiger partial charge < -0.3 is 5.32 Å². The minimum atomic E-state index is -0.394. The number of thioether (sulfide) groups is 1. The zero-order valence-corrected chi connectivity index (χ0v) is 19.7. The lowest BCUT2D eigenvalue weighted by Gasteiger charge is -2.14. The number of carbonyl (C=O) groups is 1. The summed E-state index contributed by atoms with van der Waals surface area (Å²) in [7, 11) is 0. The number of hydrogen-bond donors (Lipinski definition) is 1. The predicted molar refractivity (Wildman–Crippen MR) is 133 cm³/mol. The highest BCUT2D eigenvalue weighted by Crippen LogP contribution is 2.28. The molecule has 34 heavy (non-hydrogen) atoms. The first kappa shape index (κ1) is 22.6. The van der Waals surface area contributed by atoms with Crippen LogP contribution in [0, 0.1) is 5.82 Å². The van der Waals surface area contributed by atoms with Gasteiger partial charge in [-0.05, 0) is 54.8 Å². The van der Waals surface area contributed by atoms with Gasteiger partial charge in [-0.1, -0.05) is 53.7 Å². The molecule has 0 unspecified atom stereocenters. The van der Waals surface area contributed by atoms with Gasteiger partial charge in [-0.3, -0.25) is 14.2 Å². The van der Waals surface area contributed by atoms with Gasteiger partial charge in [0.05, 0.1) is 17.4 Å². The Labute approximate surface area is 205 Å². The minimum Gasteiger partial charge on any atom is -0.349 e. The quantitative estimate of drug-likeness (QED) is 0.276. The molecule has 3 aromatic carbocycles. The first-order valence-corrected chi connectivity index (χ1v) is 12.3. The molecule has 1 amide bonds. The van der Waals surface area contributed by atoms with E-state index in [2.05, 4.69) is 10.3 Å². The first-order valence-electron chi connectivity index (χ1n) is 10.9. The Kier molecular flexibility index (Phi) is 6.39. The highest BCUT2D eigenvalue weighted by Gasteiger charge is 2.23. The molecule has 0 atom stereocenters. The van der Waals surface area contributed by atoms with Crippen LogP contribution in [0.5, 0.6) is 0 Å². The van der Waals surface area contributed by atoms with Crippen molar-refractivity contribution < 1.29 is 9.18 Å². The Hall–Kier alpha value is -3.16. The largest absolute Gasteiger partial charge is 0.349 e. The number of fused-ring (bicyclic) bond motifs is 1. The molecule has 0 bridgehead atoms. The van der Waals surface area contributed by atoms with Gasteiger partial charge in [0.15, 0.2) is 5.16 Å². The van der Waals surface area contributed by atoms with Gasteiger partial charge in [0, 0.05) is 27.9 Å². The van der Waals surface area contributed by atoms with Crippen LogP contribution in [0.2, 0.25) is 5.02 Å². The molecule has 0 radical (unpaired) electrons. The first-order chi connectivity index (χ1) is 16.5. The summed E-state index contributed by atoms with van der Waals surface area (Å²) in [4.78, 5) is 30.3. The maximum absolute atomic E-state index is 14.3. The smallest absolute Gasteiger partial charge is 0.262 e. The van der Waals surface area contributed by atoms with Crippen LogP contribution in [0.1, 0.15) is 34.3 Å². The predicted octanol–water partition coefficient (Wildman–Crippen LogP) is 5.42. The van der Waals surface area contributed by atoms with E-state index in [4.69, 9.17) is 11.6 Å². The highest BCUT2D eigenvalue weighted by atomic mass is 35.5. The maximum atomic E-state index is 14.3. The van der Waals surface area contributed by atoms with Crippen molar-refractivity contribution in [2.24, 2.45) is 0 Å². The second kappa shape index (κ2) is 9.60. The van der Waals surface area contributed by atoms with E-state index in [0.717, 1.165) is 18.4 Å². The molecule has 1 aliphatic rings. The lowest BCUT2D eigenvalue weighted by atomic mass is 10.1. The van der Waals surface area contributed by atoms with Crippen LogP contribution in [0.25, 0.3) is 10.9 Å². The number of nitrogens with zero attached hydrogens (tertiary/aromatic N) is 2. The van der Waals surface area contributed by atoms with E-state index in [-0.39, 0.29) is 29.8 Å². The zero-order chi connectivity index (χ0) is 23.7. The number of halogens is 2. The summed E-state index contributed by atoms with van der Waals surface area (Å²) in [5.41, 5.74) is 2.21. The molecule has 0 aliphatic heterocycles. The molecule has 1 heterocycles. The van der Waals surface area contributed by atoms with Crippen molar-refractivity contribution in [3.8, 4) is 0 Å². The normalized spacial score (nSPS) is 13.2. The number of para-hydroxylation sites is 1. The Balaban J connectivity index is 1.46. The summed E-state index contributed by atoms with van der Waals surface area (Å²) in [5, 5.41) is 4.29. The van der Waals surface area contributed by atoms with E-state index < -0.39 is 5.82 Å². The second-order valence-electron chi connectivity index (χ2n) is 8.24. The van der Waals surface area contributed by atoms with E-state index >= 15 is 0 Å². The van der Waals surface area contributed by atoms with E-state index in [0.29, 0.717) is 32.2 Å². The number of carbonyl (C=O) groups excluding carboxylic acids is 1. The molecule has 1 aromatic heterocycles. The van der Waals surface area contributed by atoms with Gasteiger partial charge in [-0.2, -0.15) is 0 Å². The molecule has 5 rings (SSSR count). The summed E-state index contributed by atoms with van der Waals surface area (Å²) < 4.78 is 15.9. The third kappa shape index (κ3) is 4.86. The summed E-state index contributed by atoms with van der Waals surface area (Å²) >= 11 is 7.45. The molecular formula is C26H21ClFN3O2S. The number of rotatable bonds is 7. The topological polar surface area (TPSA) is 64.0 Å². The van der Waals surface area contributed by atoms with Crippen LogP contribution in [-0.2, 0) is 12.3 Å². The van der Waals surface area contributed by atoms with Crippen molar-refractivity contribution in [2.75, 3.05) is 0 Å². The van der Waals surface area contributed by atoms with Gasteiger partial charge in [-0.25, -0.2) is 9.37 Å². The van der Waals surface area contributed by atoms with E-state index in [1.807, 2.05) is 18.2 Å². The van der Waals surface area contributed by atoms with Crippen molar-refractivity contribution in [1.29, 1.82) is 0 Å². The molecule has 0 spiro atoms. The van der Waals surface area contributed by atoms with Crippen molar-refractivity contribution in [2.45, 2.75) is 36.3 Å². The molecule has 0 saturated heterocycles. The van der Waals surface area contributed by atoms with Crippen LogP contribution >= 0.6 is 23.4 Å². The third-order valence-corrected chi connectivity index (χ3v) is 7.06. The summed E-state index contributed by atoms with van der Waals surface area (Å²) in [6, 6.07) is 19.2. The average molecular weight is 494 g/mol. The lowest BCUT2D eigenvalue weighted by molar-refractivity contribution is 0.0951. The Morgan fingerprint density at radius 1 is 1.09 bits per heavy atom.